The molecule has 132 valence electrons. The van der Waals surface area contributed by atoms with Crippen molar-refractivity contribution in [3.63, 3.8) is 0 Å². The summed E-state index contributed by atoms with van der Waals surface area (Å²) in [7, 11) is 0. The summed E-state index contributed by atoms with van der Waals surface area (Å²) in [5.41, 5.74) is 2.46. The number of carbonyl (C=O) groups excluding carboxylic acids is 1. The number of benzene rings is 1. The maximum atomic E-state index is 12.3. The van der Waals surface area contributed by atoms with Crippen LogP contribution in [0.5, 0.6) is 0 Å². The lowest BCUT2D eigenvalue weighted by atomic mass is 10.2. The highest BCUT2D eigenvalue weighted by Gasteiger charge is 2.12. The Labute approximate surface area is 147 Å². The first-order valence-corrected chi connectivity index (χ1v) is 8.45. The van der Waals surface area contributed by atoms with Crippen LogP contribution in [0.15, 0.2) is 36.7 Å². The van der Waals surface area contributed by atoms with Crippen LogP contribution < -0.4 is 10.6 Å². The van der Waals surface area contributed by atoms with Crippen molar-refractivity contribution in [2.75, 3.05) is 44.7 Å². The third-order valence-electron chi connectivity index (χ3n) is 4.04. The van der Waals surface area contributed by atoms with E-state index in [1.165, 1.54) is 11.9 Å². The Kier molecular flexibility index (Phi) is 5.92. The lowest BCUT2D eigenvalue weighted by molar-refractivity contribution is 0.0383. The van der Waals surface area contributed by atoms with Gasteiger partial charge in [0.15, 0.2) is 0 Å². The molecule has 1 fully saturated rings. The molecule has 2 N–H and O–H groups in total. The molecule has 1 aliphatic heterocycles. The molecule has 0 atom stereocenters. The van der Waals surface area contributed by atoms with Crippen molar-refractivity contribution in [2.45, 2.75) is 6.92 Å². The number of carbonyl (C=O) groups is 1. The van der Waals surface area contributed by atoms with Gasteiger partial charge in [0.2, 0.25) is 0 Å². The normalized spacial score (nSPS) is 14.9. The van der Waals surface area contributed by atoms with Crippen molar-refractivity contribution < 1.29 is 9.53 Å². The van der Waals surface area contributed by atoms with E-state index in [0.717, 1.165) is 38.5 Å². The molecule has 0 bridgehead atoms. The fraction of sp³-hybridized carbons (Fsp3) is 0.389. The zero-order valence-corrected chi connectivity index (χ0v) is 14.4. The van der Waals surface area contributed by atoms with Crippen LogP contribution in [0.25, 0.3) is 0 Å². The van der Waals surface area contributed by atoms with Crippen LogP contribution in [0.3, 0.4) is 0 Å². The second-order valence-electron chi connectivity index (χ2n) is 5.99. The van der Waals surface area contributed by atoms with E-state index in [0.29, 0.717) is 18.1 Å². The number of nitrogens with one attached hydrogen (secondary N) is 2. The Hall–Kier alpha value is -2.51. The zero-order chi connectivity index (χ0) is 17.5. The molecular formula is C18H23N5O2. The number of nitrogens with zero attached hydrogens (tertiary/aromatic N) is 3. The van der Waals surface area contributed by atoms with Crippen LogP contribution in [0.4, 0.5) is 11.5 Å². The number of aromatic nitrogens is 2. The summed E-state index contributed by atoms with van der Waals surface area (Å²) in [6, 6.07) is 9.63. The molecule has 2 heterocycles. The number of ether oxygens (including phenoxy) is 1. The fourth-order valence-electron chi connectivity index (χ4n) is 2.58. The van der Waals surface area contributed by atoms with Crippen molar-refractivity contribution in [1.29, 1.82) is 0 Å². The van der Waals surface area contributed by atoms with Gasteiger partial charge in [0.25, 0.3) is 5.91 Å². The van der Waals surface area contributed by atoms with Crippen molar-refractivity contribution in [3.05, 3.63) is 47.9 Å². The molecule has 7 heteroatoms. The Morgan fingerprint density at radius 1 is 1.20 bits per heavy atom. The Morgan fingerprint density at radius 3 is 2.72 bits per heavy atom. The van der Waals surface area contributed by atoms with Crippen molar-refractivity contribution in [3.8, 4) is 0 Å². The molecule has 25 heavy (non-hydrogen) atoms. The number of hydrogen-bond donors (Lipinski definition) is 2. The van der Waals surface area contributed by atoms with E-state index in [-0.39, 0.29) is 5.91 Å². The molecule has 7 nitrogen and oxygen atoms in total. The summed E-state index contributed by atoms with van der Waals surface area (Å²) in [5.74, 6) is 0.403. The Bertz CT molecular complexity index is 699. The second-order valence-corrected chi connectivity index (χ2v) is 5.99. The van der Waals surface area contributed by atoms with Crippen LogP contribution in [0.1, 0.15) is 16.1 Å². The highest BCUT2D eigenvalue weighted by molar-refractivity contribution is 5.92. The summed E-state index contributed by atoms with van der Waals surface area (Å²) >= 11 is 0. The number of morpholine rings is 1. The van der Waals surface area contributed by atoms with E-state index in [1.807, 2.05) is 31.2 Å². The molecule has 3 rings (SSSR count). The maximum Gasteiger partial charge on any atom is 0.270 e. The van der Waals surface area contributed by atoms with Gasteiger partial charge in [0.05, 0.1) is 13.2 Å². The van der Waals surface area contributed by atoms with Gasteiger partial charge in [-0.25, -0.2) is 9.97 Å². The van der Waals surface area contributed by atoms with E-state index in [2.05, 4.69) is 25.5 Å². The summed E-state index contributed by atoms with van der Waals surface area (Å²) in [4.78, 5) is 22.8. The molecule has 1 saturated heterocycles. The van der Waals surface area contributed by atoms with E-state index in [4.69, 9.17) is 4.74 Å². The lowest BCUT2D eigenvalue weighted by Crippen LogP contribution is -2.41. The summed E-state index contributed by atoms with van der Waals surface area (Å²) < 4.78 is 5.31. The average molecular weight is 341 g/mol. The molecule has 2 aromatic rings. The molecular weight excluding hydrogens is 318 g/mol. The molecule has 1 aliphatic rings. The first kappa shape index (κ1) is 17.3. The van der Waals surface area contributed by atoms with Gasteiger partial charge in [-0.1, -0.05) is 17.7 Å². The number of anilines is 2. The van der Waals surface area contributed by atoms with Crippen LogP contribution >= 0.6 is 0 Å². The first-order chi connectivity index (χ1) is 12.2. The SMILES string of the molecule is Cc1ccc(Nc2cc(C(=O)NCCN3CCOCC3)ncn2)cc1. The predicted octanol–water partition coefficient (Wildman–Crippen LogP) is 1.59. The molecule has 0 saturated carbocycles. The maximum absolute atomic E-state index is 12.3. The van der Waals surface area contributed by atoms with Gasteiger partial charge >= 0.3 is 0 Å². The van der Waals surface area contributed by atoms with Crippen LogP contribution in [-0.2, 0) is 4.74 Å². The van der Waals surface area contributed by atoms with E-state index < -0.39 is 0 Å². The smallest absolute Gasteiger partial charge is 0.270 e. The van der Waals surface area contributed by atoms with Gasteiger partial charge in [-0.15, -0.1) is 0 Å². The quantitative estimate of drug-likeness (QED) is 0.831. The minimum Gasteiger partial charge on any atom is -0.379 e. The topological polar surface area (TPSA) is 79.4 Å². The third-order valence-corrected chi connectivity index (χ3v) is 4.04. The molecule has 0 radical (unpaired) electrons. The van der Waals surface area contributed by atoms with Gasteiger partial charge < -0.3 is 15.4 Å². The summed E-state index contributed by atoms with van der Waals surface area (Å²) in [5, 5.41) is 6.09. The minimum absolute atomic E-state index is 0.192. The third kappa shape index (κ3) is 5.23. The summed E-state index contributed by atoms with van der Waals surface area (Å²) in [6.07, 6.45) is 1.40. The van der Waals surface area contributed by atoms with E-state index in [9.17, 15) is 4.79 Å². The van der Waals surface area contributed by atoms with Crippen molar-refractivity contribution in [2.24, 2.45) is 0 Å². The van der Waals surface area contributed by atoms with Gasteiger partial charge in [-0.3, -0.25) is 9.69 Å². The van der Waals surface area contributed by atoms with Crippen LogP contribution in [-0.4, -0.2) is 60.2 Å². The van der Waals surface area contributed by atoms with Crippen LogP contribution in [0, 0.1) is 6.92 Å². The highest BCUT2D eigenvalue weighted by atomic mass is 16.5. The minimum atomic E-state index is -0.192. The molecule has 1 amide bonds. The number of aryl methyl sites for hydroxylation is 1. The average Bonchev–Trinajstić information content (AvgIpc) is 2.65. The van der Waals surface area contributed by atoms with Gasteiger partial charge in [-0.05, 0) is 19.1 Å². The molecule has 1 aromatic carbocycles. The van der Waals surface area contributed by atoms with Gasteiger partial charge in [0.1, 0.15) is 17.8 Å². The van der Waals surface area contributed by atoms with Crippen LogP contribution in [0.2, 0.25) is 0 Å². The Balaban J connectivity index is 1.52. The number of amides is 1. The van der Waals surface area contributed by atoms with E-state index in [1.54, 1.807) is 6.07 Å². The first-order valence-electron chi connectivity index (χ1n) is 8.45. The zero-order valence-electron chi connectivity index (χ0n) is 14.4. The van der Waals surface area contributed by atoms with Gasteiger partial charge in [-0.2, -0.15) is 0 Å². The molecule has 0 aliphatic carbocycles. The standard InChI is InChI=1S/C18H23N5O2/c1-14-2-4-15(5-3-14)22-17-12-16(20-13-21-17)18(24)19-6-7-23-8-10-25-11-9-23/h2-5,12-13H,6-11H2,1H3,(H,19,24)(H,20,21,22). The molecule has 1 aromatic heterocycles. The largest absolute Gasteiger partial charge is 0.379 e. The fourth-order valence-corrected chi connectivity index (χ4v) is 2.58. The highest BCUT2D eigenvalue weighted by Crippen LogP contribution is 2.15. The summed E-state index contributed by atoms with van der Waals surface area (Å²) in [6.45, 7) is 6.77. The van der Waals surface area contributed by atoms with Crippen molar-refractivity contribution >= 4 is 17.4 Å². The van der Waals surface area contributed by atoms with Gasteiger partial charge in [0, 0.05) is 37.9 Å². The monoisotopic (exact) mass is 341 g/mol. The van der Waals surface area contributed by atoms with E-state index >= 15 is 0 Å². The van der Waals surface area contributed by atoms with Crippen molar-refractivity contribution in [1.82, 2.24) is 20.2 Å². The lowest BCUT2D eigenvalue weighted by Gasteiger charge is -2.26. The number of hydrogen-bond acceptors (Lipinski definition) is 6. The molecule has 0 spiro atoms. The predicted molar refractivity (Wildman–Crippen MR) is 96.1 cm³/mol. The Morgan fingerprint density at radius 2 is 1.96 bits per heavy atom. The molecule has 0 unspecified atom stereocenters. The number of rotatable bonds is 6. The second kappa shape index (κ2) is 8.55.